The minimum absolute atomic E-state index is 0.0773. The predicted molar refractivity (Wildman–Crippen MR) is 127 cm³/mol. The van der Waals surface area contributed by atoms with E-state index in [1.54, 1.807) is 10.6 Å². The van der Waals surface area contributed by atoms with Crippen LogP contribution in [0.5, 0.6) is 0 Å². The van der Waals surface area contributed by atoms with Crippen LogP contribution < -0.4 is 5.73 Å². The first kappa shape index (κ1) is 21.8. The largest absolute Gasteiger partial charge is 0.365 e. The highest BCUT2D eigenvalue weighted by atomic mass is 19.1. The van der Waals surface area contributed by atoms with Gasteiger partial charge in [-0.1, -0.05) is 6.08 Å². The molecule has 4 aromatic rings. The van der Waals surface area contributed by atoms with Gasteiger partial charge in [0.05, 0.1) is 6.20 Å². The van der Waals surface area contributed by atoms with E-state index in [4.69, 9.17) is 5.73 Å². The van der Waals surface area contributed by atoms with E-state index in [2.05, 4.69) is 21.1 Å². The second-order valence-electron chi connectivity index (χ2n) is 8.63. The standard InChI is InChI=1S/C25H25FN6O2/c1-14-18(15(2)32-25(30-14)21(13-29-32)24(27)34)5-6-23(33)31-9-7-16(8-10-31)20-12-28-22-11-17(26)3-4-19(20)22/h3-4,7,11-13,28H,5-6,8-10H2,1-2H3,(H2,27,34). The lowest BCUT2D eigenvalue weighted by Gasteiger charge is -2.27. The summed E-state index contributed by atoms with van der Waals surface area (Å²) in [6.07, 6.45) is 7.03. The molecule has 0 radical (unpaired) electrons. The van der Waals surface area contributed by atoms with Gasteiger partial charge in [-0.25, -0.2) is 13.9 Å². The van der Waals surface area contributed by atoms with Crippen LogP contribution in [0.4, 0.5) is 4.39 Å². The van der Waals surface area contributed by atoms with Crippen LogP contribution in [0.1, 0.15) is 45.7 Å². The van der Waals surface area contributed by atoms with Gasteiger partial charge in [-0.15, -0.1) is 0 Å². The third-order valence-electron chi connectivity index (χ3n) is 6.61. The Morgan fingerprint density at radius 1 is 1.26 bits per heavy atom. The molecule has 174 valence electrons. The van der Waals surface area contributed by atoms with Crippen molar-refractivity contribution in [3.8, 4) is 0 Å². The van der Waals surface area contributed by atoms with Crippen LogP contribution in [-0.2, 0) is 11.2 Å². The van der Waals surface area contributed by atoms with Crippen molar-refractivity contribution in [1.82, 2.24) is 24.5 Å². The summed E-state index contributed by atoms with van der Waals surface area (Å²) < 4.78 is 15.1. The van der Waals surface area contributed by atoms with Crippen LogP contribution in [0.3, 0.4) is 0 Å². The number of aryl methyl sites for hydroxylation is 2. The number of fused-ring (bicyclic) bond motifs is 2. The van der Waals surface area contributed by atoms with Gasteiger partial charge in [0.2, 0.25) is 5.91 Å². The molecule has 1 aliphatic heterocycles. The van der Waals surface area contributed by atoms with Gasteiger partial charge in [-0.05, 0) is 56.0 Å². The van der Waals surface area contributed by atoms with Crippen molar-refractivity contribution in [2.75, 3.05) is 13.1 Å². The minimum Gasteiger partial charge on any atom is -0.365 e. The molecule has 1 aromatic carbocycles. The lowest BCUT2D eigenvalue weighted by Crippen LogP contribution is -2.34. The Morgan fingerprint density at radius 2 is 2.09 bits per heavy atom. The fourth-order valence-electron chi connectivity index (χ4n) is 4.74. The molecule has 4 heterocycles. The number of hydrogen-bond acceptors (Lipinski definition) is 4. The van der Waals surface area contributed by atoms with E-state index in [-0.39, 0.29) is 17.3 Å². The van der Waals surface area contributed by atoms with Gasteiger partial charge < -0.3 is 15.6 Å². The van der Waals surface area contributed by atoms with Crippen molar-refractivity contribution in [3.05, 3.63) is 70.6 Å². The molecule has 0 saturated carbocycles. The van der Waals surface area contributed by atoms with Crippen LogP contribution in [0.25, 0.3) is 22.1 Å². The second kappa shape index (κ2) is 8.40. The number of H-pyrrole nitrogens is 1. The van der Waals surface area contributed by atoms with E-state index < -0.39 is 5.91 Å². The topological polar surface area (TPSA) is 109 Å². The molecule has 5 rings (SSSR count). The number of aromatic amines is 1. The highest BCUT2D eigenvalue weighted by Crippen LogP contribution is 2.30. The second-order valence-corrected chi connectivity index (χ2v) is 8.63. The fourth-order valence-corrected chi connectivity index (χ4v) is 4.74. The first-order valence-corrected chi connectivity index (χ1v) is 11.2. The smallest absolute Gasteiger partial charge is 0.254 e. The maximum atomic E-state index is 13.5. The third kappa shape index (κ3) is 3.72. The molecule has 8 nitrogen and oxygen atoms in total. The Labute approximate surface area is 195 Å². The summed E-state index contributed by atoms with van der Waals surface area (Å²) in [5.74, 6) is -0.758. The molecular weight excluding hydrogens is 435 g/mol. The number of hydrogen-bond donors (Lipinski definition) is 2. The highest BCUT2D eigenvalue weighted by molar-refractivity contribution is 5.98. The average Bonchev–Trinajstić information content (AvgIpc) is 3.43. The van der Waals surface area contributed by atoms with Crippen molar-refractivity contribution >= 4 is 33.9 Å². The Morgan fingerprint density at radius 3 is 2.82 bits per heavy atom. The van der Waals surface area contributed by atoms with E-state index in [1.165, 1.54) is 18.3 Å². The zero-order valence-electron chi connectivity index (χ0n) is 19.1. The molecule has 3 aromatic heterocycles. The molecule has 9 heteroatoms. The summed E-state index contributed by atoms with van der Waals surface area (Å²) in [6, 6.07) is 4.75. The van der Waals surface area contributed by atoms with Crippen molar-refractivity contribution in [1.29, 1.82) is 0 Å². The third-order valence-corrected chi connectivity index (χ3v) is 6.61. The van der Waals surface area contributed by atoms with Crippen LogP contribution >= 0.6 is 0 Å². The molecule has 2 amide bonds. The van der Waals surface area contributed by atoms with Crippen molar-refractivity contribution < 1.29 is 14.0 Å². The molecule has 1 aliphatic rings. The van der Waals surface area contributed by atoms with Crippen LogP contribution in [0, 0.1) is 19.7 Å². The molecule has 0 atom stereocenters. The van der Waals surface area contributed by atoms with Gasteiger partial charge in [0.15, 0.2) is 5.65 Å². The molecule has 0 bridgehead atoms. The molecular formula is C25H25FN6O2. The number of carbonyl (C=O) groups is 2. The van der Waals surface area contributed by atoms with E-state index in [1.807, 2.05) is 24.9 Å². The van der Waals surface area contributed by atoms with Crippen molar-refractivity contribution in [2.45, 2.75) is 33.1 Å². The quantitative estimate of drug-likeness (QED) is 0.476. The van der Waals surface area contributed by atoms with Crippen LogP contribution in [-0.4, -0.2) is 49.4 Å². The Bertz CT molecular complexity index is 1480. The number of amides is 2. The Balaban J connectivity index is 1.28. The summed E-state index contributed by atoms with van der Waals surface area (Å²) >= 11 is 0. The monoisotopic (exact) mass is 460 g/mol. The van der Waals surface area contributed by atoms with E-state index in [9.17, 15) is 14.0 Å². The molecule has 0 saturated heterocycles. The SMILES string of the molecule is Cc1nc2c(C(N)=O)cnn2c(C)c1CCC(=O)N1CC=C(c2c[nH]c3cc(F)ccc23)CC1. The van der Waals surface area contributed by atoms with Crippen LogP contribution in [0.15, 0.2) is 36.7 Å². The summed E-state index contributed by atoms with van der Waals surface area (Å²) in [7, 11) is 0. The summed E-state index contributed by atoms with van der Waals surface area (Å²) in [4.78, 5) is 34.0. The zero-order valence-corrected chi connectivity index (χ0v) is 19.1. The fraction of sp³-hybridized carbons (Fsp3) is 0.280. The predicted octanol–water partition coefficient (Wildman–Crippen LogP) is 3.31. The molecule has 0 unspecified atom stereocenters. The molecule has 0 aliphatic carbocycles. The number of nitrogens with one attached hydrogen (secondary N) is 1. The van der Waals surface area contributed by atoms with Gasteiger partial charge in [-0.3, -0.25) is 9.59 Å². The normalized spacial score (nSPS) is 14.1. The lowest BCUT2D eigenvalue weighted by molar-refractivity contribution is -0.130. The molecule has 3 N–H and O–H groups in total. The van der Waals surface area contributed by atoms with E-state index in [0.29, 0.717) is 31.6 Å². The molecule has 0 fully saturated rings. The summed E-state index contributed by atoms with van der Waals surface area (Å²) in [6.45, 7) is 4.95. The van der Waals surface area contributed by atoms with Crippen molar-refractivity contribution in [2.24, 2.45) is 5.73 Å². The van der Waals surface area contributed by atoms with E-state index >= 15 is 0 Å². The Kier molecular flexibility index (Phi) is 5.39. The van der Waals surface area contributed by atoms with Gasteiger partial charge in [-0.2, -0.15) is 5.10 Å². The maximum Gasteiger partial charge on any atom is 0.254 e. The molecule has 0 spiro atoms. The number of nitrogens with two attached hydrogens (primary N) is 1. The van der Waals surface area contributed by atoms with Gasteiger partial charge in [0.25, 0.3) is 5.91 Å². The lowest BCUT2D eigenvalue weighted by atomic mass is 9.98. The maximum absolute atomic E-state index is 13.5. The molecule has 34 heavy (non-hydrogen) atoms. The number of benzene rings is 1. The minimum atomic E-state index is -0.568. The highest BCUT2D eigenvalue weighted by Gasteiger charge is 2.21. The number of halogens is 1. The average molecular weight is 461 g/mol. The number of rotatable bonds is 5. The van der Waals surface area contributed by atoms with Crippen molar-refractivity contribution in [3.63, 3.8) is 0 Å². The van der Waals surface area contributed by atoms with Crippen LogP contribution in [0.2, 0.25) is 0 Å². The summed E-state index contributed by atoms with van der Waals surface area (Å²) in [5.41, 5.74) is 11.7. The number of primary amides is 1. The number of aromatic nitrogens is 4. The number of nitrogens with zero attached hydrogens (tertiary/aromatic N) is 4. The van der Waals surface area contributed by atoms with E-state index in [0.717, 1.165) is 45.4 Å². The van der Waals surface area contributed by atoms with Gasteiger partial charge in [0.1, 0.15) is 11.4 Å². The zero-order chi connectivity index (χ0) is 24.0. The van der Waals surface area contributed by atoms with Gasteiger partial charge >= 0.3 is 0 Å². The summed E-state index contributed by atoms with van der Waals surface area (Å²) in [5, 5.41) is 5.23. The first-order chi connectivity index (χ1) is 16.3. The number of carbonyl (C=O) groups excluding carboxylic acids is 2. The van der Waals surface area contributed by atoms with Gasteiger partial charge in [0, 0.05) is 53.6 Å². The Hall–Kier alpha value is -4.01. The first-order valence-electron chi connectivity index (χ1n) is 11.2.